The fourth-order valence-electron chi connectivity index (χ4n) is 2.71. The van der Waals surface area contributed by atoms with Gasteiger partial charge in [0.2, 0.25) is 0 Å². The van der Waals surface area contributed by atoms with Crippen molar-refractivity contribution >= 4 is 5.82 Å². The third-order valence-electron chi connectivity index (χ3n) is 3.80. The quantitative estimate of drug-likeness (QED) is 0.824. The molecular weight excluding hydrogens is 238 g/mol. The Morgan fingerprint density at radius 3 is 2.63 bits per heavy atom. The molecule has 0 aliphatic carbocycles. The smallest absolute Gasteiger partial charge is 0.132 e. The van der Waals surface area contributed by atoms with Gasteiger partial charge in [0.1, 0.15) is 12.1 Å². The minimum Gasteiger partial charge on any atom is -0.356 e. The average molecular weight is 257 g/mol. The van der Waals surface area contributed by atoms with Gasteiger partial charge >= 0.3 is 0 Å². The number of aromatic nitrogens is 4. The molecule has 0 atom stereocenters. The Balaban J connectivity index is 1.66. The van der Waals surface area contributed by atoms with Crippen molar-refractivity contribution in [1.29, 1.82) is 0 Å². The number of rotatable bonds is 2. The van der Waals surface area contributed by atoms with Crippen LogP contribution in [0.25, 0.3) is 0 Å². The Morgan fingerprint density at radius 2 is 2.00 bits per heavy atom. The van der Waals surface area contributed by atoms with Gasteiger partial charge in [-0.05, 0) is 31.2 Å². The molecular formula is C14H19N5. The maximum absolute atomic E-state index is 4.36. The molecule has 19 heavy (non-hydrogen) atoms. The lowest BCUT2D eigenvalue weighted by atomic mass is 9.91. The van der Waals surface area contributed by atoms with Gasteiger partial charge in [-0.2, -0.15) is 5.10 Å². The summed E-state index contributed by atoms with van der Waals surface area (Å²) in [6.07, 6.45) is 8.10. The highest BCUT2D eigenvalue weighted by Gasteiger charge is 2.22. The van der Waals surface area contributed by atoms with E-state index in [1.165, 1.54) is 5.56 Å². The van der Waals surface area contributed by atoms with Crippen molar-refractivity contribution < 1.29 is 0 Å². The zero-order valence-corrected chi connectivity index (χ0v) is 11.5. The molecule has 0 amide bonds. The highest BCUT2D eigenvalue weighted by molar-refractivity contribution is 5.39. The molecule has 0 aromatic carbocycles. The zero-order valence-electron chi connectivity index (χ0n) is 11.5. The highest BCUT2D eigenvalue weighted by atomic mass is 15.2. The molecule has 5 heteroatoms. The van der Waals surface area contributed by atoms with E-state index in [-0.39, 0.29) is 0 Å². The molecule has 5 nitrogen and oxygen atoms in total. The van der Waals surface area contributed by atoms with E-state index in [0.717, 1.165) is 37.4 Å². The third kappa shape index (κ3) is 2.59. The monoisotopic (exact) mass is 257 g/mol. The molecule has 3 heterocycles. The van der Waals surface area contributed by atoms with Gasteiger partial charge in [-0.25, -0.2) is 9.97 Å². The lowest BCUT2D eigenvalue weighted by Gasteiger charge is -2.32. The van der Waals surface area contributed by atoms with Crippen LogP contribution in [0.5, 0.6) is 0 Å². The second-order valence-electron chi connectivity index (χ2n) is 5.23. The van der Waals surface area contributed by atoms with E-state index in [2.05, 4.69) is 32.2 Å². The molecule has 2 aromatic heterocycles. The van der Waals surface area contributed by atoms with Crippen LogP contribution in [-0.2, 0) is 7.05 Å². The van der Waals surface area contributed by atoms with Gasteiger partial charge in [0.05, 0.1) is 6.20 Å². The maximum atomic E-state index is 4.36. The summed E-state index contributed by atoms with van der Waals surface area (Å²) >= 11 is 0. The molecule has 0 N–H and O–H groups in total. The van der Waals surface area contributed by atoms with Crippen LogP contribution < -0.4 is 4.90 Å². The van der Waals surface area contributed by atoms with Crippen LogP contribution in [0.4, 0.5) is 5.82 Å². The SMILES string of the molecule is Cc1cc(N2CCC(c3cnn(C)c3)CC2)ncn1. The first-order valence-corrected chi connectivity index (χ1v) is 6.74. The fourth-order valence-corrected chi connectivity index (χ4v) is 2.71. The van der Waals surface area contributed by atoms with E-state index in [1.807, 2.05) is 24.9 Å². The first kappa shape index (κ1) is 12.1. The van der Waals surface area contributed by atoms with Crippen LogP contribution in [0.1, 0.15) is 30.0 Å². The Morgan fingerprint density at radius 1 is 1.21 bits per heavy atom. The van der Waals surface area contributed by atoms with Crippen LogP contribution >= 0.6 is 0 Å². The lowest BCUT2D eigenvalue weighted by molar-refractivity contribution is 0.502. The first-order valence-electron chi connectivity index (χ1n) is 6.74. The van der Waals surface area contributed by atoms with E-state index in [9.17, 15) is 0 Å². The number of anilines is 1. The van der Waals surface area contributed by atoms with Crippen molar-refractivity contribution in [2.45, 2.75) is 25.7 Å². The normalized spacial score (nSPS) is 16.8. The van der Waals surface area contributed by atoms with E-state index in [1.54, 1.807) is 6.33 Å². The molecule has 0 bridgehead atoms. The van der Waals surface area contributed by atoms with E-state index < -0.39 is 0 Å². The van der Waals surface area contributed by atoms with Crippen LogP contribution in [0.15, 0.2) is 24.8 Å². The van der Waals surface area contributed by atoms with Crippen LogP contribution in [-0.4, -0.2) is 32.8 Å². The minimum absolute atomic E-state index is 0.632. The highest BCUT2D eigenvalue weighted by Crippen LogP contribution is 2.29. The fraction of sp³-hybridized carbons (Fsp3) is 0.500. The summed E-state index contributed by atoms with van der Waals surface area (Å²) in [5, 5.41) is 4.26. The summed E-state index contributed by atoms with van der Waals surface area (Å²) in [7, 11) is 1.97. The molecule has 1 aliphatic rings. The molecule has 1 saturated heterocycles. The molecule has 2 aromatic rings. The van der Waals surface area contributed by atoms with Gasteiger partial charge in [-0.15, -0.1) is 0 Å². The lowest BCUT2D eigenvalue weighted by Crippen LogP contribution is -2.33. The van der Waals surface area contributed by atoms with Gasteiger partial charge in [0.15, 0.2) is 0 Å². The van der Waals surface area contributed by atoms with Crippen LogP contribution in [0.3, 0.4) is 0 Å². The molecule has 100 valence electrons. The summed E-state index contributed by atoms with van der Waals surface area (Å²) in [5.41, 5.74) is 2.39. The van der Waals surface area contributed by atoms with Crippen LogP contribution in [0.2, 0.25) is 0 Å². The maximum Gasteiger partial charge on any atom is 0.132 e. The Labute approximate surface area is 113 Å². The van der Waals surface area contributed by atoms with Gasteiger partial charge < -0.3 is 4.90 Å². The second kappa shape index (κ2) is 4.99. The molecule has 0 unspecified atom stereocenters. The summed E-state index contributed by atoms with van der Waals surface area (Å²) in [6.45, 7) is 4.11. The third-order valence-corrected chi connectivity index (χ3v) is 3.80. The Hall–Kier alpha value is -1.91. The summed E-state index contributed by atoms with van der Waals surface area (Å²) < 4.78 is 1.88. The topological polar surface area (TPSA) is 46.8 Å². The number of piperidine rings is 1. The molecule has 1 fully saturated rings. The predicted molar refractivity (Wildman–Crippen MR) is 74.2 cm³/mol. The predicted octanol–water partition coefficient (Wildman–Crippen LogP) is 1.90. The van der Waals surface area contributed by atoms with Gasteiger partial charge in [-0.3, -0.25) is 4.68 Å². The number of hydrogen-bond acceptors (Lipinski definition) is 4. The number of hydrogen-bond donors (Lipinski definition) is 0. The van der Waals surface area contributed by atoms with E-state index in [0.29, 0.717) is 5.92 Å². The largest absolute Gasteiger partial charge is 0.356 e. The average Bonchev–Trinajstić information content (AvgIpc) is 2.86. The van der Waals surface area contributed by atoms with E-state index >= 15 is 0 Å². The molecule has 0 radical (unpaired) electrons. The molecule has 1 aliphatic heterocycles. The summed E-state index contributed by atoms with van der Waals surface area (Å²) in [6, 6.07) is 2.06. The van der Waals surface area contributed by atoms with Crippen LogP contribution in [0, 0.1) is 6.92 Å². The van der Waals surface area contributed by atoms with Gasteiger partial charge in [-0.1, -0.05) is 0 Å². The molecule has 3 rings (SSSR count). The Bertz CT molecular complexity index is 554. The minimum atomic E-state index is 0.632. The molecule has 0 spiro atoms. The molecule has 0 saturated carbocycles. The number of aryl methyl sites for hydroxylation is 2. The van der Waals surface area contributed by atoms with Crippen molar-refractivity contribution in [3.05, 3.63) is 36.0 Å². The Kier molecular flexibility index (Phi) is 3.19. The van der Waals surface area contributed by atoms with Crippen molar-refractivity contribution in [3.63, 3.8) is 0 Å². The van der Waals surface area contributed by atoms with Crippen molar-refractivity contribution in [2.24, 2.45) is 7.05 Å². The van der Waals surface area contributed by atoms with Gasteiger partial charge in [0.25, 0.3) is 0 Å². The van der Waals surface area contributed by atoms with Gasteiger partial charge in [0, 0.05) is 38.1 Å². The summed E-state index contributed by atoms with van der Waals surface area (Å²) in [5.74, 6) is 1.69. The first-order chi connectivity index (χ1) is 9.22. The van der Waals surface area contributed by atoms with Crippen molar-refractivity contribution in [2.75, 3.05) is 18.0 Å². The van der Waals surface area contributed by atoms with Crippen molar-refractivity contribution in [3.8, 4) is 0 Å². The second-order valence-corrected chi connectivity index (χ2v) is 5.23. The number of nitrogens with zero attached hydrogens (tertiary/aromatic N) is 5. The standard InChI is InChI=1S/C14H19N5/c1-11-7-14(16-10-15-11)19-5-3-12(4-6-19)13-8-17-18(2)9-13/h7-10,12H,3-6H2,1-2H3. The van der Waals surface area contributed by atoms with Crippen molar-refractivity contribution in [1.82, 2.24) is 19.7 Å². The summed E-state index contributed by atoms with van der Waals surface area (Å²) in [4.78, 5) is 10.9. The zero-order chi connectivity index (χ0) is 13.2. The van der Waals surface area contributed by atoms with E-state index in [4.69, 9.17) is 0 Å².